The van der Waals surface area contributed by atoms with Crippen LogP contribution in [0.15, 0.2) is 12.3 Å². The molecule has 0 spiro atoms. The number of amides is 1. The van der Waals surface area contributed by atoms with E-state index in [0.717, 1.165) is 5.69 Å². The fourth-order valence-corrected chi connectivity index (χ4v) is 1.58. The van der Waals surface area contributed by atoms with Gasteiger partial charge in [0.15, 0.2) is 0 Å². The molecule has 17 heavy (non-hydrogen) atoms. The Morgan fingerprint density at radius 2 is 2.00 bits per heavy atom. The number of carbonyl (C=O) groups excluding carboxylic acids is 1. The summed E-state index contributed by atoms with van der Waals surface area (Å²) in [5, 5.41) is 0. The van der Waals surface area contributed by atoms with Crippen LogP contribution in [0.25, 0.3) is 0 Å². The molecule has 0 aliphatic carbocycles. The number of nitrogens with two attached hydrogens (primary N) is 1. The molecule has 1 aromatic rings. The van der Waals surface area contributed by atoms with Gasteiger partial charge < -0.3 is 10.6 Å². The lowest BCUT2D eigenvalue weighted by atomic mass is 10.0. The van der Waals surface area contributed by atoms with Crippen molar-refractivity contribution < 1.29 is 4.79 Å². The van der Waals surface area contributed by atoms with Crippen molar-refractivity contribution in [3.8, 4) is 0 Å². The Kier molecular flexibility index (Phi) is 4.10. The molecule has 0 saturated carbocycles. The second-order valence-corrected chi connectivity index (χ2v) is 4.81. The van der Waals surface area contributed by atoms with Crippen LogP contribution < -0.4 is 5.73 Å². The predicted molar refractivity (Wildman–Crippen MR) is 69.8 cm³/mol. The van der Waals surface area contributed by atoms with Crippen LogP contribution in [0, 0.1) is 12.8 Å². The monoisotopic (exact) mass is 235 g/mol. The van der Waals surface area contributed by atoms with Crippen LogP contribution in [0.4, 0.5) is 5.69 Å². The van der Waals surface area contributed by atoms with Gasteiger partial charge in [0, 0.05) is 30.7 Å². The van der Waals surface area contributed by atoms with E-state index in [4.69, 9.17) is 5.73 Å². The van der Waals surface area contributed by atoms with E-state index in [1.807, 2.05) is 13.8 Å². The average molecular weight is 235 g/mol. The first-order valence-corrected chi connectivity index (χ1v) is 5.84. The van der Waals surface area contributed by atoms with Crippen molar-refractivity contribution in [2.45, 2.75) is 33.7 Å². The molecule has 1 amide bonds. The van der Waals surface area contributed by atoms with E-state index in [-0.39, 0.29) is 11.9 Å². The van der Waals surface area contributed by atoms with Gasteiger partial charge in [0.25, 0.3) is 5.91 Å². The van der Waals surface area contributed by atoms with E-state index in [2.05, 4.69) is 18.8 Å². The third kappa shape index (κ3) is 2.96. The molecule has 4 nitrogen and oxygen atoms in total. The van der Waals surface area contributed by atoms with Gasteiger partial charge in [-0.05, 0) is 25.8 Å². The molecule has 4 heteroatoms. The largest absolute Gasteiger partial charge is 0.398 e. The molecule has 0 bridgehead atoms. The summed E-state index contributed by atoms with van der Waals surface area (Å²) in [6, 6.07) is 1.89. The molecule has 1 aromatic heterocycles. The van der Waals surface area contributed by atoms with Crippen LogP contribution in [0.1, 0.15) is 36.8 Å². The van der Waals surface area contributed by atoms with Crippen molar-refractivity contribution in [1.82, 2.24) is 9.88 Å². The Bertz CT molecular complexity index is 415. The Hall–Kier alpha value is -1.58. The van der Waals surface area contributed by atoms with Gasteiger partial charge in [-0.2, -0.15) is 0 Å². The first-order valence-electron chi connectivity index (χ1n) is 5.84. The van der Waals surface area contributed by atoms with E-state index < -0.39 is 0 Å². The maximum atomic E-state index is 12.2. The van der Waals surface area contributed by atoms with Crippen molar-refractivity contribution in [2.75, 3.05) is 12.8 Å². The van der Waals surface area contributed by atoms with Crippen molar-refractivity contribution in [3.63, 3.8) is 0 Å². The summed E-state index contributed by atoms with van der Waals surface area (Å²) in [6.07, 6.45) is 1.55. The summed E-state index contributed by atoms with van der Waals surface area (Å²) in [5.74, 6) is 0.333. The van der Waals surface area contributed by atoms with Crippen LogP contribution in [-0.2, 0) is 0 Å². The molecular weight excluding hydrogens is 214 g/mol. The number of hydrogen-bond acceptors (Lipinski definition) is 3. The second-order valence-electron chi connectivity index (χ2n) is 4.81. The van der Waals surface area contributed by atoms with Gasteiger partial charge in [-0.1, -0.05) is 13.8 Å². The Morgan fingerprint density at radius 3 is 2.47 bits per heavy atom. The minimum Gasteiger partial charge on any atom is -0.398 e. The number of pyridine rings is 1. The van der Waals surface area contributed by atoms with Gasteiger partial charge in [-0.25, -0.2) is 0 Å². The van der Waals surface area contributed by atoms with Crippen LogP contribution in [0.2, 0.25) is 0 Å². The number of rotatable bonds is 3. The molecule has 0 saturated heterocycles. The molecule has 1 atom stereocenters. The third-order valence-corrected chi connectivity index (χ3v) is 3.20. The lowest BCUT2D eigenvalue weighted by molar-refractivity contribution is 0.0708. The number of nitrogen functional groups attached to an aromatic ring is 1. The molecule has 1 rings (SSSR count). The molecule has 2 N–H and O–H groups in total. The van der Waals surface area contributed by atoms with E-state index >= 15 is 0 Å². The summed E-state index contributed by atoms with van der Waals surface area (Å²) in [7, 11) is 1.80. The first kappa shape index (κ1) is 13.5. The number of anilines is 1. The molecule has 0 radical (unpaired) electrons. The lowest BCUT2D eigenvalue weighted by Gasteiger charge is -2.28. The van der Waals surface area contributed by atoms with Gasteiger partial charge in [0.1, 0.15) is 0 Å². The van der Waals surface area contributed by atoms with E-state index in [1.165, 1.54) is 0 Å². The molecular formula is C13H21N3O. The number of hydrogen-bond donors (Lipinski definition) is 1. The highest BCUT2D eigenvalue weighted by atomic mass is 16.2. The predicted octanol–water partition coefficient (Wildman–Crippen LogP) is 2.09. The fourth-order valence-electron chi connectivity index (χ4n) is 1.58. The highest BCUT2D eigenvalue weighted by molar-refractivity contribution is 5.98. The standard InChI is InChI=1S/C13H21N3O/c1-8(2)10(4)16(5)13(17)11-7-15-9(3)6-12(11)14/h6-8,10H,1-5H3,(H2,14,15). The second kappa shape index (κ2) is 5.17. The molecule has 1 unspecified atom stereocenters. The van der Waals surface area contributed by atoms with E-state index in [1.54, 1.807) is 24.2 Å². The van der Waals surface area contributed by atoms with E-state index in [9.17, 15) is 4.79 Å². The third-order valence-electron chi connectivity index (χ3n) is 3.20. The van der Waals surface area contributed by atoms with Gasteiger partial charge in [-0.3, -0.25) is 9.78 Å². The minimum absolute atomic E-state index is 0.0730. The number of aryl methyl sites for hydroxylation is 1. The molecule has 0 aliphatic heterocycles. The Balaban J connectivity index is 2.96. The number of aromatic nitrogens is 1. The highest BCUT2D eigenvalue weighted by Gasteiger charge is 2.21. The molecule has 0 aliphatic rings. The van der Waals surface area contributed by atoms with Crippen molar-refractivity contribution in [2.24, 2.45) is 5.92 Å². The lowest BCUT2D eigenvalue weighted by Crippen LogP contribution is -2.38. The number of carbonyl (C=O) groups is 1. The van der Waals surface area contributed by atoms with Crippen LogP contribution >= 0.6 is 0 Å². The van der Waals surface area contributed by atoms with Crippen LogP contribution in [0.3, 0.4) is 0 Å². The van der Waals surface area contributed by atoms with Crippen molar-refractivity contribution in [3.05, 3.63) is 23.5 Å². The van der Waals surface area contributed by atoms with Gasteiger partial charge >= 0.3 is 0 Å². The highest BCUT2D eigenvalue weighted by Crippen LogP contribution is 2.17. The van der Waals surface area contributed by atoms with Crippen molar-refractivity contribution >= 4 is 11.6 Å². The number of nitrogens with zero attached hydrogens (tertiary/aromatic N) is 2. The maximum Gasteiger partial charge on any atom is 0.257 e. The normalized spacial score (nSPS) is 12.6. The van der Waals surface area contributed by atoms with Gasteiger partial charge in [-0.15, -0.1) is 0 Å². The van der Waals surface area contributed by atoms with Gasteiger partial charge in [0.05, 0.1) is 5.56 Å². The summed E-state index contributed by atoms with van der Waals surface area (Å²) >= 11 is 0. The maximum absolute atomic E-state index is 12.2. The van der Waals surface area contributed by atoms with Crippen molar-refractivity contribution in [1.29, 1.82) is 0 Å². The Labute approximate surface area is 103 Å². The molecule has 94 valence electrons. The fraction of sp³-hybridized carbons (Fsp3) is 0.538. The van der Waals surface area contributed by atoms with Crippen LogP contribution in [-0.4, -0.2) is 28.9 Å². The summed E-state index contributed by atoms with van der Waals surface area (Å²) in [5.41, 5.74) is 7.64. The summed E-state index contributed by atoms with van der Waals surface area (Å²) in [4.78, 5) is 18.1. The minimum atomic E-state index is -0.0730. The first-order chi connectivity index (χ1) is 7.84. The molecule has 0 fully saturated rings. The average Bonchev–Trinajstić information content (AvgIpc) is 2.26. The van der Waals surface area contributed by atoms with Gasteiger partial charge in [0.2, 0.25) is 0 Å². The zero-order valence-corrected chi connectivity index (χ0v) is 11.2. The zero-order chi connectivity index (χ0) is 13.2. The topological polar surface area (TPSA) is 59.2 Å². The SMILES string of the molecule is Cc1cc(N)c(C(=O)N(C)C(C)C(C)C)cn1. The smallest absolute Gasteiger partial charge is 0.257 e. The quantitative estimate of drug-likeness (QED) is 0.872. The van der Waals surface area contributed by atoms with E-state index in [0.29, 0.717) is 17.2 Å². The zero-order valence-electron chi connectivity index (χ0n) is 11.2. The molecule has 0 aromatic carbocycles. The van der Waals surface area contributed by atoms with Crippen LogP contribution in [0.5, 0.6) is 0 Å². The Morgan fingerprint density at radius 1 is 1.41 bits per heavy atom. The molecule has 1 heterocycles. The summed E-state index contributed by atoms with van der Waals surface area (Å²) < 4.78 is 0. The summed E-state index contributed by atoms with van der Waals surface area (Å²) in [6.45, 7) is 8.06.